The van der Waals surface area contributed by atoms with Crippen LogP contribution < -0.4 is 10.6 Å². The molecule has 5 nitrogen and oxygen atoms in total. The fraction of sp³-hybridized carbons (Fsp3) is 0.895. The number of halogens is 1. The van der Waals surface area contributed by atoms with Gasteiger partial charge in [0.05, 0.1) is 0 Å². The van der Waals surface area contributed by atoms with E-state index in [1.807, 2.05) is 25.8 Å². The maximum Gasteiger partial charge on any atom is 0.225 e. The van der Waals surface area contributed by atoms with Crippen LogP contribution in [0.1, 0.15) is 59.8 Å². The molecule has 1 aliphatic heterocycles. The van der Waals surface area contributed by atoms with E-state index in [4.69, 9.17) is 0 Å². The lowest BCUT2D eigenvalue weighted by Gasteiger charge is -2.32. The van der Waals surface area contributed by atoms with E-state index in [1.165, 1.54) is 25.7 Å². The largest absolute Gasteiger partial charge is 0.356 e. The molecule has 0 aromatic rings. The smallest absolute Gasteiger partial charge is 0.225 e. The Bertz CT molecular complexity index is 458. The van der Waals surface area contributed by atoms with Crippen LogP contribution in [0, 0.1) is 17.3 Å². The van der Waals surface area contributed by atoms with Gasteiger partial charge in [0, 0.05) is 38.6 Å². The van der Waals surface area contributed by atoms with Crippen LogP contribution in [0.2, 0.25) is 0 Å². The summed E-state index contributed by atoms with van der Waals surface area (Å²) in [4.78, 5) is 18.4. The van der Waals surface area contributed by atoms with Crippen molar-refractivity contribution in [1.82, 2.24) is 15.5 Å². The maximum absolute atomic E-state index is 12.1. The zero-order valence-corrected chi connectivity index (χ0v) is 18.9. The highest BCUT2D eigenvalue weighted by atomic mass is 127. The van der Waals surface area contributed by atoms with Gasteiger partial charge in [0.25, 0.3) is 0 Å². The van der Waals surface area contributed by atoms with E-state index >= 15 is 0 Å². The number of hydrogen-bond acceptors (Lipinski definition) is 2. The zero-order chi connectivity index (χ0) is 17.7. The molecule has 1 atom stereocenters. The third kappa shape index (κ3) is 6.29. The van der Waals surface area contributed by atoms with Gasteiger partial charge in [-0.2, -0.15) is 0 Å². The van der Waals surface area contributed by atoms with Crippen LogP contribution in [-0.2, 0) is 4.79 Å². The molecule has 0 aromatic carbocycles. The Morgan fingerprint density at radius 1 is 1.24 bits per heavy atom. The predicted octanol–water partition coefficient (Wildman–Crippen LogP) is 3.24. The lowest BCUT2D eigenvalue weighted by molar-refractivity contribution is -0.133. The van der Waals surface area contributed by atoms with Gasteiger partial charge in [-0.15, -0.1) is 24.0 Å². The molecule has 0 spiro atoms. The van der Waals surface area contributed by atoms with E-state index < -0.39 is 0 Å². The Morgan fingerprint density at radius 2 is 1.88 bits per heavy atom. The molecular weight excluding hydrogens is 427 g/mol. The third-order valence-corrected chi connectivity index (χ3v) is 5.73. The molecule has 1 saturated heterocycles. The molecule has 6 heteroatoms. The fourth-order valence-electron chi connectivity index (χ4n) is 3.99. The van der Waals surface area contributed by atoms with Crippen molar-refractivity contribution >= 4 is 35.8 Å². The normalized spacial score (nSPS) is 22.2. The Labute approximate surface area is 170 Å². The van der Waals surface area contributed by atoms with Crippen molar-refractivity contribution < 1.29 is 4.79 Å². The summed E-state index contributed by atoms with van der Waals surface area (Å²) in [5.41, 5.74) is 0.295. The molecule has 0 aromatic heterocycles. The van der Waals surface area contributed by atoms with Gasteiger partial charge in [-0.3, -0.25) is 9.79 Å². The summed E-state index contributed by atoms with van der Waals surface area (Å²) in [6, 6.07) is 0.300. The number of likely N-dealkylation sites (tertiary alicyclic amines) is 1. The summed E-state index contributed by atoms with van der Waals surface area (Å²) in [7, 11) is 1.82. The molecule has 2 rings (SSSR count). The number of nitrogens with zero attached hydrogens (tertiary/aromatic N) is 2. The summed E-state index contributed by atoms with van der Waals surface area (Å²) in [5, 5.41) is 7.01. The van der Waals surface area contributed by atoms with E-state index in [0.29, 0.717) is 11.5 Å². The van der Waals surface area contributed by atoms with Crippen LogP contribution >= 0.6 is 24.0 Å². The Balaban J connectivity index is 0.00000312. The number of hydrogen-bond donors (Lipinski definition) is 2. The zero-order valence-electron chi connectivity index (χ0n) is 16.6. The van der Waals surface area contributed by atoms with Crippen LogP contribution in [-0.4, -0.2) is 49.5 Å². The van der Waals surface area contributed by atoms with Gasteiger partial charge in [0.2, 0.25) is 5.91 Å². The van der Waals surface area contributed by atoms with E-state index in [1.54, 1.807) is 0 Å². The van der Waals surface area contributed by atoms with Crippen LogP contribution in [0.5, 0.6) is 0 Å². The first-order valence-corrected chi connectivity index (χ1v) is 9.59. The van der Waals surface area contributed by atoms with Gasteiger partial charge in [-0.05, 0) is 30.6 Å². The van der Waals surface area contributed by atoms with Crippen LogP contribution in [0.25, 0.3) is 0 Å². The van der Waals surface area contributed by atoms with E-state index in [2.05, 4.69) is 29.5 Å². The maximum atomic E-state index is 12.1. The first-order valence-electron chi connectivity index (χ1n) is 9.59. The second-order valence-corrected chi connectivity index (χ2v) is 8.46. The number of carbonyl (C=O) groups excluding carboxylic acids is 1. The Kier molecular flexibility index (Phi) is 8.98. The Hall–Kier alpha value is -0.530. The molecule has 146 valence electrons. The molecule has 1 amide bonds. The number of rotatable bonds is 5. The summed E-state index contributed by atoms with van der Waals surface area (Å²) < 4.78 is 0. The number of carbonyl (C=O) groups is 1. The van der Waals surface area contributed by atoms with Gasteiger partial charge in [-0.1, -0.05) is 40.5 Å². The van der Waals surface area contributed by atoms with Gasteiger partial charge >= 0.3 is 0 Å². The van der Waals surface area contributed by atoms with Crippen LogP contribution in [0.4, 0.5) is 0 Å². The monoisotopic (exact) mass is 464 g/mol. The van der Waals surface area contributed by atoms with Crippen LogP contribution in [0.15, 0.2) is 4.99 Å². The second kappa shape index (κ2) is 9.97. The van der Waals surface area contributed by atoms with Gasteiger partial charge < -0.3 is 15.5 Å². The van der Waals surface area contributed by atoms with Crippen molar-refractivity contribution in [2.75, 3.05) is 26.7 Å². The van der Waals surface area contributed by atoms with Crippen molar-refractivity contribution in [2.45, 2.75) is 65.8 Å². The molecule has 1 unspecified atom stereocenters. The topological polar surface area (TPSA) is 56.7 Å². The number of amides is 1. The lowest BCUT2D eigenvalue weighted by Crippen LogP contribution is -2.48. The molecule has 1 saturated carbocycles. The van der Waals surface area contributed by atoms with Gasteiger partial charge in [-0.25, -0.2) is 0 Å². The minimum absolute atomic E-state index is 0. The summed E-state index contributed by atoms with van der Waals surface area (Å²) in [6.45, 7) is 11.2. The van der Waals surface area contributed by atoms with Crippen molar-refractivity contribution in [1.29, 1.82) is 0 Å². The third-order valence-electron chi connectivity index (χ3n) is 5.73. The number of nitrogens with one attached hydrogen (secondary N) is 2. The SMILES string of the molecule is CN=C(NCC(C)(C)C1CCCC1)NC1CCN(C(=O)C(C)C)C1.I. The van der Waals surface area contributed by atoms with E-state index in [-0.39, 0.29) is 35.8 Å². The summed E-state index contributed by atoms with van der Waals surface area (Å²) in [6.07, 6.45) is 6.46. The number of guanidine groups is 1. The van der Waals surface area contributed by atoms with Crippen molar-refractivity contribution in [2.24, 2.45) is 22.2 Å². The molecule has 2 aliphatic rings. The molecule has 2 fully saturated rings. The fourth-order valence-corrected chi connectivity index (χ4v) is 3.99. The van der Waals surface area contributed by atoms with E-state index in [0.717, 1.165) is 37.9 Å². The molecule has 0 bridgehead atoms. The first-order chi connectivity index (χ1) is 11.3. The minimum Gasteiger partial charge on any atom is -0.356 e. The summed E-state index contributed by atoms with van der Waals surface area (Å²) in [5.74, 6) is 2.01. The molecule has 1 aliphatic carbocycles. The van der Waals surface area contributed by atoms with Crippen LogP contribution in [0.3, 0.4) is 0 Å². The second-order valence-electron chi connectivity index (χ2n) is 8.46. The number of aliphatic imine (C=N–C) groups is 1. The average molecular weight is 464 g/mol. The predicted molar refractivity (Wildman–Crippen MR) is 115 cm³/mol. The highest BCUT2D eigenvalue weighted by Gasteiger charge is 2.32. The Morgan fingerprint density at radius 3 is 2.44 bits per heavy atom. The first kappa shape index (κ1) is 22.5. The van der Waals surface area contributed by atoms with Crippen molar-refractivity contribution in [3.05, 3.63) is 0 Å². The molecule has 2 N–H and O–H groups in total. The highest BCUT2D eigenvalue weighted by Crippen LogP contribution is 2.38. The van der Waals surface area contributed by atoms with Crippen molar-refractivity contribution in [3.63, 3.8) is 0 Å². The van der Waals surface area contributed by atoms with E-state index in [9.17, 15) is 4.79 Å². The van der Waals surface area contributed by atoms with Crippen molar-refractivity contribution in [3.8, 4) is 0 Å². The quantitative estimate of drug-likeness (QED) is 0.373. The molecule has 25 heavy (non-hydrogen) atoms. The highest BCUT2D eigenvalue weighted by molar-refractivity contribution is 14.0. The average Bonchev–Trinajstić information content (AvgIpc) is 3.22. The summed E-state index contributed by atoms with van der Waals surface area (Å²) >= 11 is 0. The molecular formula is C19H37IN4O. The lowest BCUT2D eigenvalue weighted by atomic mass is 9.78. The minimum atomic E-state index is 0. The van der Waals surface area contributed by atoms with Gasteiger partial charge in [0.1, 0.15) is 0 Å². The molecule has 1 heterocycles. The molecule has 0 radical (unpaired) electrons. The van der Waals surface area contributed by atoms with Gasteiger partial charge in [0.15, 0.2) is 5.96 Å². The standard InChI is InChI=1S/C19H36N4O.HI/c1-14(2)17(24)23-11-10-16(12-23)22-18(20-5)21-13-19(3,4)15-8-6-7-9-15;/h14-16H,6-13H2,1-5H3,(H2,20,21,22);1H.